The van der Waals surface area contributed by atoms with Gasteiger partial charge in [-0.1, -0.05) is 18.2 Å². The van der Waals surface area contributed by atoms with Crippen molar-refractivity contribution in [2.75, 3.05) is 11.5 Å². The zero-order valence-corrected chi connectivity index (χ0v) is 15.2. The third-order valence-corrected chi connectivity index (χ3v) is 6.46. The van der Waals surface area contributed by atoms with E-state index in [4.69, 9.17) is 4.42 Å². The first kappa shape index (κ1) is 17.1. The van der Waals surface area contributed by atoms with Crippen molar-refractivity contribution in [2.24, 2.45) is 0 Å². The minimum Gasteiger partial charge on any atom is -0.468 e. The Morgan fingerprint density at radius 3 is 2.69 bits per heavy atom. The molecule has 3 aromatic rings. The van der Waals surface area contributed by atoms with Gasteiger partial charge in [-0.15, -0.1) is 0 Å². The summed E-state index contributed by atoms with van der Waals surface area (Å²) < 4.78 is 31.2. The third kappa shape index (κ3) is 3.89. The maximum atomic E-state index is 11.9. The van der Waals surface area contributed by atoms with Crippen LogP contribution in [0.3, 0.4) is 0 Å². The third-order valence-electron chi connectivity index (χ3n) is 4.71. The lowest BCUT2D eigenvalue weighted by molar-refractivity contribution is 0.179. The van der Waals surface area contributed by atoms with Crippen LogP contribution in [0.5, 0.6) is 0 Å². The summed E-state index contributed by atoms with van der Waals surface area (Å²) in [5, 5.41) is 4.44. The normalized spacial score (nSPS) is 19.2. The molecular weight excluding hydrogens is 350 g/mol. The summed E-state index contributed by atoms with van der Waals surface area (Å²) in [7, 11) is -2.94. The van der Waals surface area contributed by atoms with E-state index < -0.39 is 9.84 Å². The fraction of sp³-hybridized carbons (Fsp3) is 0.316. The first-order chi connectivity index (χ1) is 12.6. The van der Waals surface area contributed by atoms with E-state index in [1.54, 1.807) is 6.26 Å². The van der Waals surface area contributed by atoms with Crippen LogP contribution in [0.1, 0.15) is 17.7 Å². The zero-order chi connectivity index (χ0) is 18.0. The van der Waals surface area contributed by atoms with E-state index in [0.717, 1.165) is 17.0 Å². The topological polar surface area (TPSA) is 68.3 Å². The van der Waals surface area contributed by atoms with Crippen molar-refractivity contribution in [2.45, 2.75) is 25.6 Å². The molecule has 1 saturated heterocycles. The van der Waals surface area contributed by atoms with Gasteiger partial charge in [-0.25, -0.2) is 13.1 Å². The van der Waals surface area contributed by atoms with Crippen molar-refractivity contribution in [1.82, 2.24) is 14.7 Å². The van der Waals surface area contributed by atoms with E-state index in [1.807, 2.05) is 59.5 Å². The number of rotatable bonds is 6. The Morgan fingerprint density at radius 2 is 2.00 bits per heavy atom. The van der Waals surface area contributed by atoms with Gasteiger partial charge < -0.3 is 4.42 Å². The van der Waals surface area contributed by atoms with Crippen LogP contribution in [0, 0.1) is 0 Å². The zero-order valence-electron chi connectivity index (χ0n) is 14.4. The van der Waals surface area contributed by atoms with Crippen LogP contribution in [0.2, 0.25) is 0 Å². The molecule has 7 heteroatoms. The first-order valence-corrected chi connectivity index (χ1v) is 10.5. The predicted octanol–water partition coefficient (Wildman–Crippen LogP) is 2.65. The van der Waals surface area contributed by atoms with Gasteiger partial charge in [0.15, 0.2) is 9.84 Å². The smallest absolute Gasteiger partial charge is 0.151 e. The highest BCUT2D eigenvalue weighted by Crippen LogP contribution is 2.22. The van der Waals surface area contributed by atoms with E-state index in [1.165, 1.54) is 0 Å². The van der Waals surface area contributed by atoms with Crippen LogP contribution in [0.25, 0.3) is 5.69 Å². The molecule has 6 nitrogen and oxygen atoms in total. The lowest BCUT2D eigenvalue weighted by Crippen LogP contribution is -2.35. The molecular formula is C19H21N3O3S. The second-order valence-electron chi connectivity index (χ2n) is 6.67. The van der Waals surface area contributed by atoms with Crippen molar-refractivity contribution in [3.05, 3.63) is 72.4 Å². The highest BCUT2D eigenvalue weighted by Gasteiger charge is 2.32. The van der Waals surface area contributed by atoms with Gasteiger partial charge in [0.05, 0.1) is 36.2 Å². The molecule has 0 saturated carbocycles. The molecule has 0 spiro atoms. The van der Waals surface area contributed by atoms with Gasteiger partial charge in [0.2, 0.25) is 0 Å². The van der Waals surface area contributed by atoms with Crippen LogP contribution in [-0.2, 0) is 22.9 Å². The molecule has 1 atom stereocenters. The van der Waals surface area contributed by atoms with Crippen LogP contribution in [0.15, 0.2) is 65.5 Å². The lowest BCUT2D eigenvalue weighted by atomic mass is 10.2. The van der Waals surface area contributed by atoms with Crippen LogP contribution >= 0.6 is 0 Å². The van der Waals surface area contributed by atoms with Gasteiger partial charge >= 0.3 is 0 Å². The summed E-state index contributed by atoms with van der Waals surface area (Å²) >= 11 is 0. The quantitative estimate of drug-likeness (QED) is 0.666. The summed E-state index contributed by atoms with van der Waals surface area (Å²) in [6, 6.07) is 13.7. The molecule has 0 aliphatic carbocycles. The van der Waals surface area contributed by atoms with Crippen molar-refractivity contribution in [3.63, 3.8) is 0 Å². The number of aromatic nitrogens is 2. The van der Waals surface area contributed by atoms with Crippen molar-refractivity contribution in [3.8, 4) is 5.69 Å². The van der Waals surface area contributed by atoms with Crippen LogP contribution in [0.4, 0.5) is 0 Å². The Balaban J connectivity index is 1.54. The Kier molecular flexibility index (Phi) is 4.65. The molecule has 1 fully saturated rings. The van der Waals surface area contributed by atoms with E-state index in [-0.39, 0.29) is 17.5 Å². The fourth-order valence-electron chi connectivity index (χ4n) is 3.38. The monoisotopic (exact) mass is 371 g/mol. The Morgan fingerprint density at radius 1 is 1.15 bits per heavy atom. The molecule has 136 valence electrons. The SMILES string of the molecule is O=S1(=O)CC[C@H](N(Cc2cnn(-c3ccccc3)c2)Cc2ccco2)C1. The number of sulfone groups is 1. The van der Waals surface area contributed by atoms with Crippen molar-refractivity contribution >= 4 is 9.84 Å². The summed E-state index contributed by atoms with van der Waals surface area (Å²) in [6.07, 6.45) is 6.14. The predicted molar refractivity (Wildman–Crippen MR) is 98.6 cm³/mol. The standard InChI is InChI=1S/C19H21N3O3S/c23-26(24)10-8-18(15-26)21(14-19-7-4-9-25-19)12-16-11-20-22(13-16)17-5-2-1-3-6-17/h1-7,9,11,13,18H,8,10,12,14-15H2/t18-/m0/s1. The van der Waals surface area contributed by atoms with Gasteiger partial charge in [-0.2, -0.15) is 5.10 Å². The Labute approximate surface area is 153 Å². The molecule has 4 rings (SSSR count). The number of furan rings is 1. The van der Waals surface area contributed by atoms with E-state index in [9.17, 15) is 8.42 Å². The average Bonchev–Trinajstić information content (AvgIpc) is 3.36. The summed E-state index contributed by atoms with van der Waals surface area (Å²) in [5.74, 6) is 1.31. The van der Waals surface area contributed by atoms with Crippen molar-refractivity contribution < 1.29 is 12.8 Å². The second kappa shape index (κ2) is 7.09. The number of hydrogen-bond donors (Lipinski definition) is 0. The molecule has 26 heavy (non-hydrogen) atoms. The minimum atomic E-state index is -2.94. The maximum absolute atomic E-state index is 11.9. The highest BCUT2D eigenvalue weighted by molar-refractivity contribution is 7.91. The summed E-state index contributed by atoms with van der Waals surface area (Å²) in [6.45, 7) is 1.22. The molecule has 0 unspecified atom stereocenters. The summed E-state index contributed by atoms with van der Waals surface area (Å²) in [4.78, 5) is 2.18. The Hall–Kier alpha value is -2.38. The molecule has 1 aliphatic heterocycles. The number of para-hydroxylation sites is 1. The molecule has 2 aromatic heterocycles. The molecule has 3 heterocycles. The molecule has 0 amide bonds. The minimum absolute atomic E-state index is 0.00479. The molecule has 0 bridgehead atoms. The van der Waals surface area contributed by atoms with Crippen LogP contribution < -0.4 is 0 Å². The largest absolute Gasteiger partial charge is 0.468 e. The van der Waals surface area contributed by atoms with E-state index in [2.05, 4.69) is 10.00 Å². The van der Waals surface area contributed by atoms with Gasteiger partial charge in [0, 0.05) is 24.3 Å². The molecule has 0 radical (unpaired) electrons. The van der Waals surface area contributed by atoms with Gasteiger partial charge in [0.25, 0.3) is 0 Å². The fourth-order valence-corrected chi connectivity index (χ4v) is 5.14. The van der Waals surface area contributed by atoms with E-state index >= 15 is 0 Å². The number of nitrogens with zero attached hydrogens (tertiary/aromatic N) is 3. The lowest BCUT2D eigenvalue weighted by Gasteiger charge is -2.26. The first-order valence-electron chi connectivity index (χ1n) is 8.65. The molecule has 1 aliphatic rings. The van der Waals surface area contributed by atoms with Crippen molar-refractivity contribution in [1.29, 1.82) is 0 Å². The van der Waals surface area contributed by atoms with E-state index in [0.29, 0.717) is 19.5 Å². The highest BCUT2D eigenvalue weighted by atomic mass is 32.2. The number of benzene rings is 1. The van der Waals surface area contributed by atoms with Gasteiger partial charge in [-0.05, 0) is 30.7 Å². The van der Waals surface area contributed by atoms with Gasteiger partial charge in [0.1, 0.15) is 5.76 Å². The Bertz CT molecular complexity index is 949. The van der Waals surface area contributed by atoms with Crippen LogP contribution in [-0.4, -0.2) is 40.6 Å². The van der Waals surface area contributed by atoms with Gasteiger partial charge in [-0.3, -0.25) is 4.90 Å². The summed E-state index contributed by atoms with van der Waals surface area (Å²) in [5.41, 5.74) is 2.05. The molecule has 0 N–H and O–H groups in total. The maximum Gasteiger partial charge on any atom is 0.151 e. The number of hydrogen-bond acceptors (Lipinski definition) is 5. The average molecular weight is 371 g/mol. The molecule has 1 aromatic carbocycles. The second-order valence-corrected chi connectivity index (χ2v) is 8.90.